The van der Waals surface area contributed by atoms with E-state index in [1.54, 1.807) is 18.6 Å². The Balaban J connectivity index is 1.76. The lowest BCUT2D eigenvalue weighted by molar-refractivity contribution is 0.122. The smallest absolute Gasteiger partial charge is 0.226 e. The first-order valence-corrected chi connectivity index (χ1v) is 9.00. The van der Waals surface area contributed by atoms with Crippen LogP contribution in [0.2, 0.25) is 0 Å². The molecule has 0 atom stereocenters. The standard InChI is InChI=1S/C20H18N6O/c1-2-6-22-16(3-1)15-13-23-19-17(14-4-7-21-8-5-14)24-20(25-18(15)19)26-9-11-27-12-10-26/h1-8H,9-13H2. The van der Waals surface area contributed by atoms with Crippen LogP contribution < -0.4 is 15.6 Å². The molecule has 1 saturated heterocycles. The number of fused-ring (bicyclic) bond motifs is 1. The van der Waals surface area contributed by atoms with Gasteiger partial charge in [-0.05, 0) is 24.3 Å². The van der Waals surface area contributed by atoms with Crippen molar-refractivity contribution in [1.29, 1.82) is 0 Å². The summed E-state index contributed by atoms with van der Waals surface area (Å²) in [6, 6.07) is 9.82. The molecular formula is C20H18N6O. The van der Waals surface area contributed by atoms with Gasteiger partial charge in [-0.25, -0.2) is 9.97 Å². The van der Waals surface area contributed by atoms with Crippen molar-refractivity contribution in [3.8, 4) is 11.3 Å². The molecule has 2 aliphatic rings. The maximum absolute atomic E-state index is 5.48. The number of pyridine rings is 2. The minimum Gasteiger partial charge on any atom is -0.378 e. The zero-order valence-electron chi connectivity index (χ0n) is 14.7. The van der Waals surface area contributed by atoms with Crippen molar-refractivity contribution in [3.05, 3.63) is 65.3 Å². The summed E-state index contributed by atoms with van der Waals surface area (Å²) in [5, 5.41) is 1.70. The van der Waals surface area contributed by atoms with Crippen LogP contribution in [0.5, 0.6) is 0 Å². The maximum atomic E-state index is 5.48. The van der Waals surface area contributed by atoms with E-state index < -0.39 is 0 Å². The molecule has 0 aliphatic carbocycles. The Morgan fingerprint density at radius 2 is 1.78 bits per heavy atom. The number of hydrogen-bond acceptors (Lipinski definition) is 7. The maximum Gasteiger partial charge on any atom is 0.226 e. The van der Waals surface area contributed by atoms with Crippen LogP contribution in [-0.2, 0) is 4.74 Å². The van der Waals surface area contributed by atoms with Crippen LogP contribution in [-0.4, -0.2) is 52.8 Å². The normalized spacial score (nSPS) is 16.1. The van der Waals surface area contributed by atoms with Gasteiger partial charge in [0.05, 0.1) is 25.5 Å². The SMILES string of the molecule is c1ccc(C2=c3nc(N4CCOCC4)nc(-c4ccncc4)c3=NC2)nc1. The quantitative estimate of drug-likeness (QED) is 0.683. The lowest BCUT2D eigenvalue weighted by Gasteiger charge is -2.27. The lowest BCUT2D eigenvalue weighted by atomic mass is 10.1. The van der Waals surface area contributed by atoms with Crippen LogP contribution in [0.4, 0.5) is 5.95 Å². The first-order valence-electron chi connectivity index (χ1n) is 9.00. The Kier molecular flexibility index (Phi) is 4.06. The van der Waals surface area contributed by atoms with E-state index in [2.05, 4.69) is 14.9 Å². The Bertz CT molecular complexity index is 1080. The molecule has 2 aliphatic heterocycles. The molecule has 0 amide bonds. The fourth-order valence-corrected chi connectivity index (χ4v) is 3.40. The van der Waals surface area contributed by atoms with E-state index in [0.717, 1.165) is 52.3 Å². The molecule has 5 rings (SSSR count). The van der Waals surface area contributed by atoms with Crippen LogP contribution in [0, 0.1) is 0 Å². The summed E-state index contributed by atoms with van der Waals surface area (Å²) in [5.74, 6) is 0.717. The van der Waals surface area contributed by atoms with Crippen LogP contribution in [0.3, 0.4) is 0 Å². The summed E-state index contributed by atoms with van der Waals surface area (Å²) < 4.78 is 5.48. The average molecular weight is 358 g/mol. The molecule has 134 valence electrons. The van der Waals surface area contributed by atoms with Gasteiger partial charge in [0.2, 0.25) is 5.95 Å². The Morgan fingerprint density at radius 3 is 2.56 bits per heavy atom. The monoisotopic (exact) mass is 358 g/mol. The fourth-order valence-electron chi connectivity index (χ4n) is 3.40. The van der Waals surface area contributed by atoms with Crippen molar-refractivity contribution in [2.45, 2.75) is 0 Å². The second kappa shape index (κ2) is 6.85. The third-order valence-electron chi connectivity index (χ3n) is 4.78. The first kappa shape index (κ1) is 16.0. The fraction of sp³-hybridized carbons (Fsp3) is 0.250. The topological polar surface area (TPSA) is 76.4 Å². The van der Waals surface area contributed by atoms with Crippen molar-refractivity contribution in [3.63, 3.8) is 0 Å². The zero-order chi connectivity index (χ0) is 18.1. The van der Waals surface area contributed by atoms with Gasteiger partial charge in [-0.3, -0.25) is 15.0 Å². The zero-order valence-corrected chi connectivity index (χ0v) is 14.7. The van der Waals surface area contributed by atoms with Crippen molar-refractivity contribution in [2.24, 2.45) is 4.99 Å². The van der Waals surface area contributed by atoms with E-state index in [0.29, 0.717) is 19.8 Å². The third kappa shape index (κ3) is 2.96. The van der Waals surface area contributed by atoms with Gasteiger partial charge >= 0.3 is 0 Å². The number of anilines is 1. The van der Waals surface area contributed by atoms with Crippen LogP contribution in [0.1, 0.15) is 5.69 Å². The van der Waals surface area contributed by atoms with Crippen molar-refractivity contribution >= 4 is 11.5 Å². The van der Waals surface area contributed by atoms with Gasteiger partial charge < -0.3 is 9.64 Å². The van der Waals surface area contributed by atoms with Crippen molar-refractivity contribution in [2.75, 3.05) is 37.7 Å². The summed E-state index contributed by atoms with van der Waals surface area (Å²) in [6.07, 6.45) is 5.35. The molecule has 3 aromatic heterocycles. The minimum atomic E-state index is 0.561. The average Bonchev–Trinajstić information content (AvgIpc) is 3.19. The van der Waals surface area contributed by atoms with E-state index in [-0.39, 0.29) is 0 Å². The number of nitrogens with zero attached hydrogens (tertiary/aromatic N) is 6. The molecule has 0 N–H and O–H groups in total. The molecule has 0 aromatic carbocycles. The predicted molar refractivity (Wildman–Crippen MR) is 101 cm³/mol. The van der Waals surface area contributed by atoms with Crippen LogP contribution in [0.25, 0.3) is 16.8 Å². The van der Waals surface area contributed by atoms with Gasteiger partial charge in [0.25, 0.3) is 0 Å². The lowest BCUT2D eigenvalue weighted by Crippen LogP contribution is -2.41. The highest BCUT2D eigenvalue weighted by Gasteiger charge is 2.21. The molecule has 7 heteroatoms. The highest BCUT2D eigenvalue weighted by atomic mass is 16.5. The second-order valence-electron chi connectivity index (χ2n) is 6.41. The van der Waals surface area contributed by atoms with E-state index in [4.69, 9.17) is 19.7 Å². The first-order chi connectivity index (χ1) is 13.4. The molecule has 7 nitrogen and oxygen atoms in total. The molecule has 5 heterocycles. The molecule has 3 aromatic rings. The summed E-state index contributed by atoms with van der Waals surface area (Å²) in [7, 11) is 0. The second-order valence-corrected chi connectivity index (χ2v) is 6.41. The number of aromatic nitrogens is 4. The van der Waals surface area contributed by atoms with Gasteiger partial charge in [-0.1, -0.05) is 6.07 Å². The van der Waals surface area contributed by atoms with Gasteiger partial charge in [0.15, 0.2) is 0 Å². The molecule has 0 spiro atoms. The predicted octanol–water partition coefficient (Wildman–Crippen LogP) is 0.602. The van der Waals surface area contributed by atoms with Gasteiger partial charge in [-0.2, -0.15) is 0 Å². The van der Waals surface area contributed by atoms with E-state index in [1.807, 2.05) is 30.3 Å². The number of ether oxygens (including phenoxy) is 1. The van der Waals surface area contributed by atoms with Gasteiger partial charge in [0.1, 0.15) is 16.4 Å². The summed E-state index contributed by atoms with van der Waals surface area (Å²) in [6.45, 7) is 3.50. The minimum absolute atomic E-state index is 0.561. The number of hydrogen-bond donors (Lipinski definition) is 0. The number of morpholine rings is 1. The Morgan fingerprint density at radius 1 is 0.926 bits per heavy atom. The highest BCUT2D eigenvalue weighted by molar-refractivity contribution is 5.68. The molecule has 0 bridgehead atoms. The Hall–Kier alpha value is -3.19. The summed E-state index contributed by atoms with van der Waals surface area (Å²) in [4.78, 5) is 25.3. The highest BCUT2D eigenvalue weighted by Crippen LogP contribution is 2.17. The van der Waals surface area contributed by atoms with Crippen LogP contribution >= 0.6 is 0 Å². The van der Waals surface area contributed by atoms with Crippen molar-refractivity contribution < 1.29 is 4.74 Å². The Labute approximate surface area is 156 Å². The largest absolute Gasteiger partial charge is 0.378 e. The molecule has 27 heavy (non-hydrogen) atoms. The molecular weight excluding hydrogens is 340 g/mol. The summed E-state index contributed by atoms with van der Waals surface area (Å²) >= 11 is 0. The van der Waals surface area contributed by atoms with Gasteiger partial charge in [0, 0.05) is 42.8 Å². The molecule has 1 fully saturated rings. The van der Waals surface area contributed by atoms with Crippen molar-refractivity contribution in [1.82, 2.24) is 19.9 Å². The third-order valence-corrected chi connectivity index (χ3v) is 4.78. The van der Waals surface area contributed by atoms with E-state index >= 15 is 0 Å². The number of rotatable bonds is 3. The van der Waals surface area contributed by atoms with Crippen LogP contribution in [0.15, 0.2) is 53.9 Å². The van der Waals surface area contributed by atoms with Gasteiger partial charge in [-0.15, -0.1) is 0 Å². The molecule has 0 radical (unpaired) electrons. The van der Waals surface area contributed by atoms with E-state index in [9.17, 15) is 0 Å². The molecule has 0 unspecified atom stereocenters. The summed E-state index contributed by atoms with van der Waals surface area (Å²) in [5.41, 5.74) is 3.78. The van der Waals surface area contributed by atoms with E-state index in [1.165, 1.54) is 0 Å². The molecule has 0 saturated carbocycles.